The zero-order valence-electron chi connectivity index (χ0n) is 9.40. The van der Waals surface area contributed by atoms with Crippen LogP contribution in [0.15, 0.2) is 11.6 Å². The van der Waals surface area contributed by atoms with Crippen molar-refractivity contribution >= 4 is 5.97 Å². The fourth-order valence-electron chi connectivity index (χ4n) is 0.247. The van der Waals surface area contributed by atoms with Crippen LogP contribution in [0.25, 0.3) is 0 Å². The van der Waals surface area contributed by atoms with Crippen LogP contribution in [0.2, 0.25) is 0 Å². The lowest BCUT2D eigenvalue weighted by Crippen LogP contribution is -2.32. The molecule has 84 valence electrons. The van der Waals surface area contributed by atoms with Gasteiger partial charge in [-0.3, -0.25) is 0 Å². The molecule has 0 aromatic carbocycles. The highest BCUT2D eigenvalue weighted by Crippen LogP contribution is 2.05. The Balaban J connectivity index is 0. The maximum absolute atomic E-state index is 9.73. The largest absolute Gasteiger partial charge is 0.478 e. The maximum Gasteiger partial charge on any atom is 0.328 e. The first-order chi connectivity index (χ1) is 6.07. The van der Waals surface area contributed by atoms with E-state index in [1.54, 1.807) is 34.6 Å². The predicted molar refractivity (Wildman–Crippen MR) is 55.0 cm³/mol. The minimum atomic E-state index is -0.944. The number of aliphatic hydroxyl groups excluding tert-OH is 1. The molecule has 0 aliphatic heterocycles. The molecule has 1 atom stereocenters. The van der Waals surface area contributed by atoms with Gasteiger partial charge >= 0.3 is 5.97 Å². The number of aliphatic carboxylic acids is 1. The smallest absolute Gasteiger partial charge is 0.328 e. The number of rotatable bonds is 2. The van der Waals surface area contributed by atoms with Gasteiger partial charge in [0.25, 0.3) is 0 Å². The summed E-state index contributed by atoms with van der Waals surface area (Å²) >= 11 is 0. The summed E-state index contributed by atoms with van der Waals surface area (Å²) in [6.45, 7) is 8.18. The van der Waals surface area contributed by atoms with E-state index in [0.29, 0.717) is 0 Å². The molecule has 0 amide bonds. The number of carbonyl (C=O) groups is 1. The Morgan fingerprint density at radius 2 is 1.64 bits per heavy atom. The van der Waals surface area contributed by atoms with Gasteiger partial charge in [0.1, 0.15) is 0 Å². The van der Waals surface area contributed by atoms with Crippen molar-refractivity contribution in [1.82, 2.24) is 0 Å². The van der Waals surface area contributed by atoms with Crippen LogP contribution in [-0.2, 0) is 4.79 Å². The lowest BCUT2D eigenvalue weighted by atomic mass is 10.0. The van der Waals surface area contributed by atoms with Crippen LogP contribution in [0.3, 0.4) is 0 Å². The fourth-order valence-corrected chi connectivity index (χ4v) is 0.247. The molecule has 4 heteroatoms. The van der Waals surface area contributed by atoms with Crippen LogP contribution in [-0.4, -0.2) is 33.0 Å². The molecule has 0 fully saturated rings. The first-order valence-corrected chi connectivity index (χ1v) is 4.35. The number of aliphatic hydroxyl groups is 2. The molecule has 0 aliphatic carbocycles. The Kier molecular flexibility index (Phi) is 7.31. The summed E-state index contributed by atoms with van der Waals surface area (Å²) in [6, 6.07) is 0. The molecule has 0 spiro atoms. The average Bonchev–Trinajstić information content (AvgIpc) is 1.81. The Hall–Kier alpha value is -0.870. The molecule has 0 aliphatic rings. The number of allylic oxidation sites excluding steroid dienone is 1. The molecule has 3 N–H and O–H groups in total. The van der Waals surface area contributed by atoms with Crippen molar-refractivity contribution in [2.24, 2.45) is 0 Å². The number of hydrogen-bond acceptors (Lipinski definition) is 3. The summed E-state index contributed by atoms with van der Waals surface area (Å²) in [7, 11) is 0. The monoisotopic (exact) mass is 204 g/mol. The summed E-state index contributed by atoms with van der Waals surface area (Å²) in [6.07, 6.45) is 0.521. The van der Waals surface area contributed by atoms with Gasteiger partial charge in [-0.25, -0.2) is 4.79 Å². The van der Waals surface area contributed by atoms with Crippen LogP contribution in [0, 0.1) is 0 Å². The Morgan fingerprint density at radius 3 is 1.64 bits per heavy atom. The number of hydrogen-bond donors (Lipinski definition) is 3. The second-order valence-corrected chi connectivity index (χ2v) is 3.89. The van der Waals surface area contributed by atoms with Crippen molar-refractivity contribution in [3.05, 3.63) is 11.6 Å². The van der Waals surface area contributed by atoms with Crippen molar-refractivity contribution in [1.29, 1.82) is 0 Å². The average molecular weight is 204 g/mol. The van der Waals surface area contributed by atoms with Gasteiger partial charge in [0, 0.05) is 6.08 Å². The van der Waals surface area contributed by atoms with E-state index in [2.05, 4.69) is 0 Å². The third kappa shape index (κ3) is 13.7. The van der Waals surface area contributed by atoms with E-state index in [4.69, 9.17) is 15.3 Å². The first-order valence-electron chi connectivity index (χ1n) is 4.35. The van der Waals surface area contributed by atoms with Crippen LogP contribution in [0.4, 0.5) is 0 Å². The highest BCUT2D eigenvalue weighted by Gasteiger charge is 2.18. The molecular weight excluding hydrogens is 184 g/mol. The summed E-state index contributed by atoms with van der Waals surface area (Å²) < 4.78 is 0. The van der Waals surface area contributed by atoms with Gasteiger partial charge in [-0.05, 0) is 34.6 Å². The van der Waals surface area contributed by atoms with E-state index in [0.717, 1.165) is 5.57 Å². The number of carboxylic acids is 1. The minimum absolute atomic E-state index is 0.646. The van der Waals surface area contributed by atoms with Crippen molar-refractivity contribution in [2.45, 2.75) is 46.3 Å². The van der Waals surface area contributed by atoms with Gasteiger partial charge in [0.15, 0.2) is 0 Å². The fraction of sp³-hybridized carbons (Fsp3) is 0.700. The van der Waals surface area contributed by atoms with E-state index >= 15 is 0 Å². The van der Waals surface area contributed by atoms with Gasteiger partial charge < -0.3 is 15.3 Å². The molecule has 1 unspecified atom stereocenters. The van der Waals surface area contributed by atoms with Crippen molar-refractivity contribution < 1.29 is 20.1 Å². The van der Waals surface area contributed by atoms with E-state index in [1.165, 1.54) is 6.08 Å². The summed E-state index contributed by atoms with van der Waals surface area (Å²) in [4.78, 5) is 9.73. The molecule has 0 aromatic rings. The molecule has 0 saturated heterocycles. The standard InChI is InChI=1S/C5H12O2.C5H8O2/c1-4(6)5(2,3)7;1-4(2)3-5(6)7/h4,6-7H,1-3H3;3H,1-2H3,(H,6,7). The SMILES string of the molecule is CC(C)=CC(=O)O.CC(O)C(C)(C)O. The summed E-state index contributed by atoms with van der Waals surface area (Å²) in [5.74, 6) is -0.875. The van der Waals surface area contributed by atoms with Crippen LogP contribution < -0.4 is 0 Å². The highest BCUT2D eigenvalue weighted by atomic mass is 16.4. The third-order valence-corrected chi connectivity index (χ3v) is 1.43. The molecule has 0 radical (unpaired) electrons. The molecule has 0 rings (SSSR count). The zero-order valence-corrected chi connectivity index (χ0v) is 9.40. The second kappa shape index (κ2) is 6.56. The van der Waals surface area contributed by atoms with Gasteiger partial charge in [-0.15, -0.1) is 0 Å². The molecule has 4 nitrogen and oxygen atoms in total. The number of carboxylic acid groups (broad SMARTS) is 1. The third-order valence-electron chi connectivity index (χ3n) is 1.43. The Labute approximate surface area is 84.9 Å². The van der Waals surface area contributed by atoms with Crippen molar-refractivity contribution in [3.63, 3.8) is 0 Å². The zero-order chi connectivity index (χ0) is 11.9. The van der Waals surface area contributed by atoms with E-state index in [9.17, 15) is 4.79 Å². The van der Waals surface area contributed by atoms with Crippen LogP contribution >= 0.6 is 0 Å². The molecule has 14 heavy (non-hydrogen) atoms. The highest BCUT2D eigenvalue weighted by molar-refractivity contribution is 5.80. The molecule has 0 bridgehead atoms. The van der Waals surface area contributed by atoms with Gasteiger partial charge in [-0.2, -0.15) is 0 Å². The summed E-state index contributed by atoms with van der Waals surface area (Å²) in [5, 5.41) is 25.5. The first kappa shape index (κ1) is 15.6. The van der Waals surface area contributed by atoms with Crippen LogP contribution in [0.5, 0.6) is 0 Å². The van der Waals surface area contributed by atoms with Gasteiger partial charge in [0.05, 0.1) is 11.7 Å². The lowest BCUT2D eigenvalue weighted by molar-refractivity contribution is -0.131. The predicted octanol–water partition coefficient (Wildman–Crippen LogP) is 1.18. The van der Waals surface area contributed by atoms with Gasteiger partial charge in [0.2, 0.25) is 0 Å². The molecule has 0 saturated carbocycles. The summed E-state index contributed by atoms with van der Waals surface area (Å²) in [5.41, 5.74) is -0.132. The minimum Gasteiger partial charge on any atom is -0.478 e. The lowest BCUT2D eigenvalue weighted by Gasteiger charge is -2.19. The normalized spacial score (nSPS) is 12.2. The maximum atomic E-state index is 9.73. The van der Waals surface area contributed by atoms with Crippen molar-refractivity contribution in [3.8, 4) is 0 Å². The van der Waals surface area contributed by atoms with Gasteiger partial charge in [-0.1, -0.05) is 5.57 Å². The quantitative estimate of drug-likeness (QED) is 0.590. The van der Waals surface area contributed by atoms with E-state index in [1.807, 2.05) is 0 Å². The Morgan fingerprint density at radius 1 is 1.36 bits per heavy atom. The molecule has 0 heterocycles. The van der Waals surface area contributed by atoms with Crippen LogP contribution in [0.1, 0.15) is 34.6 Å². The van der Waals surface area contributed by atoms with Crippen molar-refractivity contribution in [2.75, 3.05) is 0 Å². The topological polar surface area (TPSA) is 77.8 Å². The second-order valence-electron chi connectivity index (χ2n) is 3.89. The van der Waals surface area contributed by atoms with E-state index in [-0.39, 0.29) is 0 Å². The Bertz CT molecular complexity index is 195. The molecular formula is C10H20O4. The molecule has 0 aromatic heterocycles. The van der Waals surface area contributed by atoms with E-state index < -0.39 is 17.7 Å².